The van der Waals surface area contributed by atoms with Gasteiger partial charge in [0.05, 0.1) is 0 Å². The van der Waals surface area contributed by atoms with Crippen LogP contribution in [0.1, 0.15) is 33.3 Å². The summed E-state index contributed by atoms with van der Waals surface area (Å²) >= 11 is 0. The molecule has 0 radical (unpaired) electrons. The third-order valence-electron chi connectivity index (χ3n) is 4.34. The number of piperazine rings is 1. The third kappa shape index (κ3) is 4.96. The van der Waals surface area contributed by atoms with Gasteiger partial charge in [0.25, 0.3) is 0 Å². The van der Waals surface area contributed by atoms with Crippen LogP contribution in [0.4, 0.5) is 9.18 Å². The number of amides is 2. The molecule has 0 aromatic heterocycles. The van der Waals surface area contributed by atoms with Crippen molar-refractivity contribution >= 4 is 18.0 Å². The second-order valence-corrected chi connectivity index (χ2v) is 7.83. The monoisotopic (exact) mass is 380 g/mol. The Hall–Kier alpha value is -2.64. The Morgan fingerprint density at radius 2 is 1.81 bits per heavy atom. The maximum absolute atomic E-state index is 13.2. The minimum Gasteiger partial charge on any atom is -0.480 e. The molecule has 27 heavy (non-hydrogen) atoms. The Morgan fingerprint density at radius 1 is 1.22 bits per heavy atom. The number of hydrogen-bond donors (Lipinski definition) is 1. The molecule has 0 spiro atoms. The first-order valence-corrected chi connectivity index (χ1v) is 8.68. The summed E-state index contributed by atoms with van der Waals surface area (Å²) < 4.78 is 18.6. The van der Waals surface area contributed by atoms with E-state index in [1.54, 1.807) is 27.7 Å². The minimum absolute atomic E-state index is 0.101. The van der Waals surface area contributed by atoms with E-state index in [-0.39, 0.29) is 19.5 Å². The first-order chi connectivity index (χ1) is 12.4. The van der Waals surface area contributed by atoms with Gasteiger partial charge in [0.2, 0.25) is 5.91 Å². The molecule has 1 fully saturated rings. The molecule has 1 unspecified atom stereocenters. The van der Waals surface area contributed by atoms with E-state index < -0.39 is 41.5 Å². The van der Waals surface area contributed by atoms with Crippen molar-refractivity contribution < 1.29 is 28.6 Å². The summed E-state index contributed by atoms with van der Waals surface area (Å²) in [6.07, 6.45) is -0.531. The van der Waals surface area contributed by atoms with E-state index in [1.165, 1.54) is 34.1 Å². The maximum Gasteiger partial charge on any atom is 0.411 e. The molecule has 148 valence electrons. The number of ether oxygens (including phenoxy) is 1. The van der Waals surface area contributed by atoms with Crippen molar-refractivity contribution in [3.8, 4) is 0 Å². The Balaban J connectivity index is 2.36. The normalized spacial score (nSPS) is 20.6. The fraction of sp³-hybridized carbons (Fsp3) is 0.526. The third-order valence-corrected chi connectivity index (χ3v) is 4.34. The number of nitrogens with zero attached hydrogens (tertiary/aromatic N) is 2. The van der Waals surface area contributed by atoms with Crippen LogP contribution in [0, 0.1) is 5.82 Å². The summed E-state index contributed by atoms with van der Waals surface area (Å²) in [6, 6.07) is 5.63. The van der Waals surface area contributed by atoms with Gasteiger partial charge in [0.15, 0.2) is 0 Å². The van der Waals surface area contributed by atoms with Crippen molar-refractivity contribution in [3.63, 3.8) is 0 Å². The minimum atomic E-state index is -1.34. The van der Waals surface area contributed by atoms with E-state index in [1.807, 2.05) is 0 Å². The molecule has 0 bridgehead atoms. The fourth-order valence-corrected chi connectivity index (χ4v) is 3.12. The average molecular weight is 380 g/mol. The van der Waals surface area contributed by atoms with Crippen LogP contribution >= 0.6 is 0 Å². The Kier molecular flexibility index (Phi) is 5.77. The van der Waals surface area contributed by atoms with Gasteiger partial charge in [-0.2, -0.15) is 0 Å². The molecule has 2 amide bonds. The number of rotatable bonds is 4. The Labute approximate surface area is 157 Å². The number of hydrogen-bond acceptors (Lipinski definition) is 4. The first-order valence-electron chi connectivity index (χ1n) is 8.68. The standard InChI is InChI=1S/C19H25FN2O5/c1-18(2,3)27-17(26)22-10-9-21(12-15(23)24)16(25)19(22,4)11-13-5-7-14(20)8-6-13/h5-8H,9-12H2,1-4H3,(H,23,24). The van der Waals surface area contributed by atoms with E-state index in [2.05, 4.69) is 0 Å². The Morgan fingerprint density at radius 3 is 2.33 bits per heavy atom. The number of carbonyl (C=O) groups excluding carboxylic acids is 2. The van der Waals surface area contributed by atoms with Gasteiger partial charge in [-0.15, -0.1) is 0 Å². The van der Waals surface area contributed by atoms with Gasteiger partial charge in [-0.05, 0) is 45.4 Å². The van der Waals surface area contributed by atoms with Crippen LogP contribution in [0.25, 0.3) is 0 Å². The van der Waals surface area contributed by atoms with E-state index >= 15 is 0 Å². The smallest absolute Gasteiger partial charge is 0.411 e. The van der Waals surface area contributed by atoms with Gasteiger partial charge in [0.1, 0.15) is 23.5 Å². The zero-order valence-corrected chi connectivity index (χ0v) is 16.0. The lowest BCUT2D eigenvalue weighted by atomic mass is 9.87. The van der Waals surface area contributed by atoms with Gasteiger partial charge in [-0.25, -0.2) is 9.18 Å². The van der Waals surface area contributed by atoms with Gasteiger partial charge in [-0.3, -0.25) is 14.5 Å². The van der Waals surface area contributed by atoms with Gasteiger partial charge >= 0.3 is 12.1 Å². The van der Waals surface area contributed by atoms with Crippen molar-refractivity contribution in [2.75, 3.05) is 19.6 Å². The van der Waals surface area contributed by atoms with Gasteiger partial charge in [-0.1, -0.05) is 12.1 Å². The van der Waals surface area contributed by atoms with E-state index in [0.29, 0.717) is 5.56 Å². The Bertz CT molecular complexity index is 729. The lowest BCUT2D eigenvalue weighted by Gasteiger charge is -2.47. The molecular formula is C19H25FN2O5. The van der Waals surface area contributed by atoms with Crippen LogP contribution in [0.3, 0.4) is 0 Å². The molecule has 2 rings (SSSR count). The van der Waals surface area contributed by atoms with E-state index in [4.69, 9.17) is 9.84 Å². The largest absolute Gasteiger partial charge is 0.480 e. The maximum atomic E-state index is 13.2. The molecule has 1 saturated heterocycles. The second kappa shape index (κ2) is 7.54. The molecule has 8 heteroatoms. The molecule has 7 nitrogen and oxygen atoms in total. The van der Waals surface area contributed by atoms with Crippen molar-refractivity contribution in [2.24, 2.45) is 0 Å². The van der Waals surface area contributed by atoms with E-state index in [9.17, 15) is 18.8 Å². The molecule has 1 aliphatic heterocycles. The molecule has 0 aliphatic carbocycles. The van der Waals surface area contributed by atoms with E-state index in [0.717, 1.165) is 0 Å². The number of benzene rings is 1. The average Bonchev–Trinajstić information content (AvgIpc) is 2.52. The highest BCUT2D eigenvalue weighted by atomic mass is 19.1. The predicted octanol–water partition coefficient (Wildman–Crippen LogP) is 2.29. The summed E-state index contributed by atoms with van der Waals surface area (Å²) in [5, 5.41) is 9.06. The van der Waals surface area contributed by atoms with Crippen LogP contribution < -0.4 is 0 Å². The predicted molar refractivity (Wildman–Crippen MR) is 95.7 cm³/mol. The summed E-state index contributed by atoms with van der Waals surface area (Å²) in [5.41, 5.74) is -1.43. The van der Waals surface area contributed by atoms with Crippen molar-refractivity contribution in [1.29, 1.82) is 0 Å². The molecule has 1 aromatic carbocycles. The number of halogens is 1. The highest BCUT2D eigenvalue weighted by molar-refractivity contribution is 5.93. The molecular weight excluding hydrogens is 355 g/mol. The zero-order chi connectivity index (χ0) is 20.4. The molecule has 1 N–H and O–H groups in total. The van der Waals surface area contributed by atoms with Gasteiger partial charge in [0, 0.05) is 19.5 Å². The molecule has 1 aromatic rings. The highest BCUT2D eigenvalue weighted by Gasteiger charge is 2.49. The molecule has 1 heterocycles. The zero-order valence-electron chi connectivity index (χ0n) is 16.0. The van der Waals surface area contributed by atoms with Gasteiger partial charge < -0.3 is 14.7 Å². The van der Waals surface area contributed by atoms with Crippen LogP contribution in [0.5, 0.6) is 0 Å². The number of carbonyl (C=O) groups is 3. The lowest BCUT2D eigenvalue weighted by Crippen LogP contribution is -2.67. The topological polar surface area (TPSA) is 87.2 Å². The summed E-state index contributed by atoms with van der Waals surface area (Å²) in [7, 11) is 0. The lowest BCUT2D eigenvalue weighted by molar-refractivity contribution is -0.155. The second-order valence-electron chi connectivity index (χ2n) is 7.83. The van der Waals surface area contributed by atoms with Crippen molar-refractivity contribution in [2.45, 2.75) is 45.3 Å². The number of carboxylic acids is 1. The van der Waals surface area contributed by atoms with Crippen LogP contribution in [-0.4, -0.2) is 63.7 Å². The molecule has 1 aliphatic rings. The summed E-state index contributed by atoms with van der Waals surface area (Å²) in [4.78, 5) is 39.4. The number of aliphatic carboxylic acids is 1. The SMILES string of the molecule is CC(C)(C)OC(=O)N1CCN(CC(=O)O)C(=O)C1(C)Cc1ccc(F)cc1. The van der Waals surface area contributed by atoms with Crippen LogP contribution in [0.2, 0.25) is 0 Å². The first kappa shape index (κ1) is 20.7. The highest BCUT2D eigenvalue weighted by Crippen LogP contribution is 2.29. The fourth-order valence-electron chi connectivity index (χ4n) is 3.12. The van der Waals surface area contributed by atoms with Crippen molar-refractivity contribution in [3.05, 3.63) is 35.6 Å². The molecule has 0 saturated carbocycles. The van der Waals surface area contributed by atoms with Crippen molar-refractivity contribution in [1.82, 2.24) is 9.80 Å². The van der Waals surface area contributed by atoms with Crippen LogP contribution in [0.15, 0.2) is 24.3 Å². The molecule has 1 atom stereocenters. The summed E-state index contributed by atoms with van der Waals surface area (Å²) in [6.45, 7) is 6.56. The summed E-state index contributed by atoms with van der Waals surface area (Å²) in [5.74, 6) is -2.01. The number of carboxylic acid groups (broad SMARTS) is 1. The quantitative estimate of drug-likeness (QED) is 0.866. The van der Waals surface area contributed by atoms with Crippen LogP contribution in [-0.2, 0) is 20.7 Å².